The predicted octanol–water partition coefficient (Wildman–Crippen LogP) is 4.82. The first kappa shape index (κ1) is 22.0. The number of alkyl carbamates (subject to hydrolysis) is 1. The van der Waals surface area contributed by atoms with E-state index in [1.165, 1.54) is 12.8 Å². The lowest BCUT2D eigenvalue weighted by Gasteiger charge is -2.19. The highest BCUT2D eigenvalue weighted by Gasteiger charge is 2.29. The number of anilines is 1. The van der Waals surface area contributed by atoms with Gasteiger partial charge in [0.15, 0.2) is 0 Å². The fourth-order valence-corrected chi connectivity index (χ4v) is 5.04. The van der Waals surface area contributed by atoms with E-state index in [2.05, 4.69) is 22.3 Å². The molecule has 0 bridgehead atoms. The van der Waals surface area contributed by atoms with Crippen LogP contribution in [0, 0.1) is 0 Å². The number of hydrogen-bond acceptors (Lipinski definition) is 4. The Balaban J connectivity index is 1.21. The highest BCUT2D eigenvalue weighted by atomic mass is 16.5. The van der Waals surface area contributed by atoms with Crippen LogP contribution in [0.5, 0.6) is 0 Å². The van der Waals surface area contributed by atoms with Gasteiger partial charge in [-0.05, 0) is 52.8 Å². The van der Waals surface area contributed by atoms with E-state index in [9.17, 15) is 14.7 Å². The number of ether oxygens (including phenoxy) is 1. The molecule has 0 spiro atoms. The number of carboxylic acid groups (broad SMARTS) is 1. The zero-order valence-electron chi connectivity index (χ0n) is 18.9. The Morgan fingerprint density at radius 1 is 0.912 bits per heavy atom. The molecule has 1 atom stereocenters. The quantitative estimate of drug-likeness (QED) is 0.533. The van der Waals surface area contributed by atoms with Crippen LogP contribution < -0.4 is 10.2 Å². The minimum Gasteiger partial charge on any atom is -0.480 e. The van der Waals surface area contributed by atoms with Gasteiger partial charge in [-0.1, -0.05) is 60.7 Å². The summed E-state index contributed by atoms with van der Waals surface area (Å²) in [6.45, 7) is 2.26. The second-order valence-corrected chi connectivity index (χ2v) is 8.93. The molecule has 6 heteroatoms. The van der Waals surface area contributed by atoms with E-state index in [0.717, 1.165) is 46.6 Å². The third-order valence-corrected chi connectivity index (χ3v) is 6.78. The SMILES string of the molecule is O=C(NC(Cc1ccc(N2CCCC2)cc1)C(=O)O)OCC1c2ccccc2-c2ccccc21. The maximum atomic E-state index is 12.6. The zero-order valence-corrected chi connectivity index (χ0v) is 18.9. The summed E-state index contributed by atoms with van der Waals surface area (Å²) in [4.78, 5) is 26.7. The van der Waals surface area contributed by atoms with Gasteiger partial charge in [-0.2, -0.15) is 0 Å². The van der Waals surface area contributed by atoms with Gasteiger partial charge in [0.05, 0.1) is 0 Å². The van der Waals surface area contributed by atoms with Crippen molar-refractivity contribution in [2.24, 2.45) is 0 Å². The van der Waals surface area contributed by atoms with Gasteiger partial charge >= 0.3 is 12.1 Å². The minimum atomic E-state index is -1.09. The van der Waals surface area contributed by atoms with E-state index < -0.39 is 18.1 Å². The van der Waals surface area contributed by atoms with Gasteiger partial charge in [-0.25, -0.2) is 9.59 Å². The van der Waals surface area contributed by atoms with Crippen molar-refractivity contribution >= 4 is 17.7 Å². The molecule has 0 radical (unpaired) electrons. The Hall–Kier alpha value is -3.80. The second kappa shape index (κ2) is 9.59. The standard InChI is InChI=1S/C28H28N2O4/c31-27(32)26(17-19-11-13-20(14-12-19)30-15-5-6-16-30)29-28(33)34-18-25-23-9-3-1-7-21(23)22-8-2-4-10-24(22)25/h1-4,7-14,25-26H,5-6,15-18H2,(H,29,33)(H,31,32). The van der Waals surface area contributed by atoms with Gasteiger partial charge in [0.1, 0.15) is 12.6 Å². The Bertz CT molecular complexity index is 1140. The van der Waals surface area contributed by atoms with Crippen molar-refractivity contribution in [2.75, 3.05) is 24.6 Å². The summed E-state index contributed by atoms with van der Waals surface area (Å²) >= 11 is 0. The molecule has 1 aliphatic heterocycles. The third-order valence-electron chi connectivity index (χ3n) is 6.78. The predicted molar refractivity (Wildman–Crippen MR) is 131 cm³/mol. The Morgan fingerprint density at radius 3 is 2.09 bits per heavy atom. The van der Waals surface area contributed by atoms with E-state index in [4.69, 9.17) is 4.74 Å². The highest BCUT2D eigenvalue weighted by Crippen LogP contribution is 2.44. The smallest absolute Gasteiger partial charge is 0.407 e. The maximum absolute atomic E-state index is 12.6. The van der Waals surface area contributed by atoms with Crippen LogP contribution in [0.1, 0.15) is 35.4 Å². The molecule has 1 heterocycles. The first-order valence-electron chi connectivity index (χ1n) is 11.8. The summed E-state index contributed by atoms with van der Waals surface area (Å²) in [6, 6.07) is 23.1. The largest absolute Gasteiger partial charge is 0.480 e. The lowest BCUT2D eigenvalue weighted by atomic mass is 9.98. The van der Waals surface area contributed by atoms with E-state index in [1.54, 1.807) is 0 Å². The molecule has 174 valence electrons. The number of nitrogens with zero attached hydrogens (tertiary/aromatic N) is 1. The van der Waals surface area contributed by atoms with Crippen LogP contribution in [0.4, 0.5) is 10.5 Å². The average Bonchev–Trinajstić information content (AvgIpc) is 3.50. The zero-order chi connectivity index (χ0) is 23.5. The topological polar surface area (TPSA) is 78.9 Å². The van der Waals surface area contributed by atoms with Crippen LogP contribution in [0.25, 0.3) is 11.1 Å². The summed E-state index contributed by atoms with van der Waals surface area (Å²) in [5.74, 6) is -1.16. The molecule has 2 aliphatic rings. The van der Waals surface area contributed by atoms with Crippen molar-refractivity contribution in [1.82, 2.24) is 5.32 Å². The summed E-state index contributed by atoms with van der Waals surface area (Å²) in [5.41, 5.74) is 6.53. The fourth-order valence-electron chi connectivity index (χ4n) is 5.04. The number of aliphatic carboxylic acids is 1. The lowest BCUT2D eigenvalue weighted by molar-refractivity contribution is -0.139. The number of nitrogens with one attached hydrogen (secondary N) is 1. The number of carbonyl (C=O) groups is 2. The highest BCUT2D eigenvalue weighted by molar-refractivity contribution is 5.81. The first-order chi connectivity index (χ1) is 16.6. The van der Waals surface area contributed by atoms with E-state index in [-0.39, 0.29) is 18.9 Å². The molecule has 6 nitrogen and oxygen atoms in total. The fraction of sp³-hybridized carbons (Fsp3) is 0.286. The van der Waals surface area contributed by atoms with Crippen LogP contribution in [-0.2, 0) is 16.0 Å². The monoisotopic (exact) mass is 456 g/mol. The molecule has 0 aromatic heterocycles. The second-order valence-electron chi connectivity index (χ2n) is 8.93. The first-order valence-corrected chi connectivity index (χ1v) is 11.8. The molecule has 0 saturated carbocycles. The number of carboxylic acids is 1. The van der Waals surface area contributed by atoms with Crippen LogP contribution in [0.3, 0.4) is 0 Å². The van der Waals surface area contributed by atoms with Crippen LogP contribution in [0.2, 0.25) is 0 Å². The summed E-state index contributed by atoms with van der Waals surface area (Å²) in [7, 11) is 0. The van der Waals surface area contributed by atoms with Crippen LogP contribution in [0.15, 0.2) is 72.8 Å². The van der Waals surface area contributed by atoms with E-state index in [1.807, 2.05) is 60.7 Å². The molecule has 1 saturated heterocycles. The molecule has 5 rings (SSSR count). The summed E-state index contributed by atoms with van der Waals surface area (Å²) in [6.07, 6.45) is 1.88. The van der Waals surface area contributed by atoms with Crippen molar-refractivity contribution in [1.29, 1.82) is 0 Å². The number of amides is 1. The molecule has 1 amide bonds. The number of fused-ring (bicyclic) bond motifs is 3. The number of carbonyl (C=O) groups excluding carboxylic acids is 1. The van der Waals surface area contributed by atoms with Crippen molar-refractivity contribution in [3.63, 3.8) is 0 Å². The van der Waals surface area contributed by atoms with Gasteiger partial charge in [-0.3, -0.25) is 0 Å². The van der Waals surface area contributed by atoms with Crippen molar-refractivity contribution < 1.29 is 19.4 Å². The van der Waals surface area contributed by atoms with Gasteiger partial charge in [0, 0.05) is 31.1 Å². The van der Waals surface area contributed by atoms with Crippen LogP contribution >= 0.6 is 0 Å². The normalized spacial score (nSPS) is 15.5. The Kier molecular flexibility index (Phi) is 6.21. The van der Waals surface area contributed by atoms with Crippen LogP contribution in [-0.4, -0.2) is 42.9 Å². The molecule has 2 N–H and O–H groups in total. The molecular formula is C28H28N2O4. The number of benzene rings is 3. The minimum absolute atomic E-state index is 0.0699. The van der Waals surface area contributed by atoms with Gasteiger partial charge in [0.25, 0.3) is 0 Å². The molecule has 1 unspecified atom stereocenters. The average molecular weight is 457 g/mol. The molecule has 3 aromatic carbocycles. The molecule has 1 fully saturated rings. The van der Waals surface area contributed by atoms with Crippen molar-refractivity contribution in [3.8, 4) is 11.1 Å². The lowest BCUT2D eigenvalue weighted by Crippen LogP contribution is -2.42. The summed E-state index contributed by atoms with van der Waals surface area (Å²) < 4.78 is 5.52. The van der Waals surface area contributed by atoms with Gasteiger partial charge in [-0.15, -0.1) is 0 Å². The molecular weight excluding hydrogens is 428 g/mol. The van der Waals surface area contributed by atoms with E-state index >= 15 is 0 Å². The van der Waals surface area contributed by atoms with Crippen molar-refractivity contribution in [3.05, 3.63) is 89.5 Å². The Labute approximate surface area is 199 Å². The number of rotatable bonds is 7. The summed E-state index contributed by atoms with van der Waals surface area (Å²) in [5, 5.41) is 12.2. The molecule has 3 aromatic rings. The Morgan fingerprint density at radius 2 is 1.50 bits per heavy atom. The van der Waals surface area contributed by atoms with E-state index in [0.29, 0.717) is 0 Å². The third kappa shape index (κ3) is 4.49. The molecule has 34 heavy (non-hydrogen) atoms. The molecule has 1 aliphatic carbocycles. The number of hydrogen-bond donors (Lipinski definition) is 2. The van der Waals surface area contributed by atoms with Crippen molar-refractivity contribution in [2.45, 2.75) is 31.2 Å². The van der Waals surface area contributed by atoms with Gasteiger partial charge in [0.2, 0.25) is 0 Å². The van der Waals surface area contributed by atoms with Gasteiger partial charge < -0.3 is 20.1 Å². The maximum Gasteiger partial charge on any atom is 0.407 e.